The molecule has 3 N–H and O–H groups in total. The largest absolute Gasteiger partial charge is 0.378 e. The molecule has 2 rings (SSSR count). The van der Waals surface area contributed by atoms with Gasteiger partial charge >= 0.3 is 0 Å². The Labute approximate surface area is 197 Å². The molecule has 164 valence electrons. The first-order valence-corrected chi connectivity index (χ1v) is 10.9. The SMILES string of the molecule is CN=C(NCCNc1ccc(S(C)(=O)=O)cc1[N+](=O)[O-])NCc1ccc(Cl)cc1.I. The van der Waals surface area contributed by atoms with Gasteiger partial charge < -0.3 is 16.0 Å². The van der Waals surface area contributed by atoms with E-state index in [4.69, 9.17) is 11.6 Å². The van der Waals surface area contributed by atoms with Gasteiger partial charge in [-0.3, -0.25) is 15.1 Å². The third kappa shape index (κ3) is 7.95. The maximum absolute atomic E-state index is 11.6. The molecule has 0 aliphatic heterocycles. The van der Waals surface area contributed by atoms with Crippen LogP contribution >= 0.6 is 35.6 Å². The normalized spacial score (nSPS) is 11.4. The van der Waals surface area contributed by atoms with Crippen LogP contribution in [-0.4, -0.2) is 45.7 Å². The highest BCUT2D eigenvalue weighted by Crippen LogP contribution is 2.27. The average molecular weight is 568 g/mol. The van der Waals surface area contributed by atoms with Crippen LogP contribution in [0.5, 0.6) is 0 Å². The first-order valence-electron chi connectivity index (χ1n) is 8.62. The third-order valence-corrected chi connectivity index (χ3v) is 5.29. The summed E-state index contributed by atoms with van der Waals surface area (Å²) in [7, 11) is -1.88. The van der Waals surface area contributed by atoms with Crippen LogP contribution in [0.3, 0.4) is 0 Å². The average Bonchev–Trinajstić information content (AvgIpc) is 2.67. The zero-order valence-corrected chi connectivity index (χ0v) is 20.3. The van der Waals surface area contributed by atoms with Crippen LogP contribution in [0.1, 0.15) is 5.56 Å². The lowest BCUT2D eigenvalue weighted by Gasteiger charge is -2.13. The number of hydrogen-bond donors (Lipinski definition) is 3. The number of aliphatic imine (C=N–C) groups is 1. The lowest BCUT2D eigenvalue weighted by molar-refractivity contribution is -0.384. The van der Waals surface area contributed by atoms with E-state index < -0.39 is 14.8 Å². The highest BCUT2D eigenvalue weighted by molar-refractivity contribution is 14.0. The summed E-state index contributed by atoms with van der Waals surface area (Å²) in [4.78, 5) is 14.7. The summed E-state index contributed by atoms with van der Waals surface area (Å²) in [6, 6.07) is 11.2. The van der Waals surface area contributed by atoms with E-state index in [1.54, 1.807) is 19.2 Å². The van der Waals surface area contributed by atoms with Crippen molar-refractivity contribution in [2.75, 3.05) is 31.7 Å². The highest BCUT2D eigenvalue weighted by Gasteiger charge is 2.18. The van der Waals surface area contributed by atoms with Gasteiger partial charge in [-0.25, -0.2) is 8.42 Å². The zero-order valence-electron chi connectivity index (χ0n) is 16.4. The maximum Gasteiger partial charge on any atom is 0.293 e. The minimum absolute atomic E-state index is 0. The number of halogens is 2. The fraction of sp³-hybridized carbons (Fsp3) is 0.278. The van der Waals surface area contributed by atoms with Gasteiger partial charge in [0.2, 0.25) is 0 Å². The van der Waals surface area contributed by atoms with Gasteiger partial charge in [-0.2, -0.15) is 0 Å². The van der Waals surface area contributed by atoms with Crippen molar-refractivity contribution >= 4 is 62.7 Å². The van der Waals surface area contributed by atoms with Crippen molar-refractivity contribution in [3.63, 3.8) is 0 Å². The molecule has 0 aromatic heterocycles. The first kappa shape index (κ1) is 25.9. The van der Waals surface area contributed by atoms with E-state index in [9.17, 15) is 18.5 Å². The number of benzene rings is 2. The summed E-state index contributed by atoms with van der Waals surface area (Å²) in [5.41, 5.74) is 0.989. The molecular formula is C18H23ClIN5O4S. The highest BCUT2D eigenvalue weighted by atomic mass is 127. The maximum atomic E-state index is 11.6. The van der Waals surface area contributed by atoms with Gasteiger partial charge in [-0.05, 0) is 29.8 Å². The van der Waals surface area contributed by atoms with E-state index in [0.717, 1.165) is 17.9 Å². The lowest BCUT2D eigenvalue weighted by atomic mass is 10.2. The molecule has 0 radical (unpaired) electrons. The molecule has 2 aromatic rings. The van der Waals surface area contributed by atoms with Crippen LogP contribution in [0.2, 0.25) is 5.02 Å². The number of anilines is 1. The van der Waals surface area contributed by atoms with Crippen LogP contribution in [0, 0.1) is 10.1 Å². The van der Waals surface area contributed by atoms with Gasteiger partial charge in [0.25, 0.3) is 5.69 Å². The minimum Gasteiger partial charge on any atom is -0.378 e. The molecule has 2 aromatic carbocycles. The molecule has 0 unspecified atom stereocenters. The summed E-state index contributed by atoms with van der Waals surface area (Å²) in [6.07, 6.45) is 1.01. The molecule has 0 fully saturated rings. The van der Waals surface area contributed by atoms with Crippen LogP contribution in [0.4, 0.5) is 11.4 Å². The number of hydrogen-bond acceptors (Lipinski definition) is 6. The van der Waals surface area contributed by atoms with Crippen LogP contribution in [0.25, 0.3) is 0 Å². The molecule has 0 aliphatic rings. The number of nitrogens with zero attached hydrogens (tertiary/aromatic N) is 2. The quantitative estimate of drug-likeness (QED) is 0.112. The predicted molar refractivity (Wildman–Crippen MR) is 130 cm³/mol. The first-order chi connectivity index (χ1) is 13.7. The molecule has 9 nitrogen and oxygen atoms in total. The molecule has 30 heavy (non-hydrogen) atoms. The molecule has 0 spiro atoms. The van der Waals surface area contributed by atoms with E-state index in [0.29, 0.717) is 30.6 Å². The van der Waals surface area contributed by atoms with Crippen molar-refractivity contribution in [1.82, 2.24) is 10.6 Å². The molecule has 0 aliphatic carbocycles. The van der Waals surface area contributed by atoms with Crippen LogP contribution < -0.4 is 16.0 Å². The van der Waals surface area contributed by atoms with Crippen molar-refractivity contribution < 1.29 is 13.3 Å². The number of sulfone groups is 1. The molecule has 12 heteroatoms. The second kappa shape index (κ2) is 11.9. The second-order valence-corrected chi connectivity index (χ2v) is 8.57. The topological polar surface area (TPSA) is 126 Å². The molecule has 0 saturated heterocycles. The van der Waals surface area contributed by atoms with Crippen LogP contribution in [-0.2, 0) is 16.4 Å². The summed E-state index contributed by atoms with van der Waals surface area (Å²) >= 11 is 5.86. The van der Waals surface area contributed by atoms with Crippen molar-refractivity contribution in [2.24, 2.45) is 4.99 Å². The fourth-order valence-electron chi connectivity index (χ4n) is 2.43. The summed E-state index contributed by atoms with van der Waals surface area (Å²) in [5, 5.41) is 21.1. The third-order valence-electron chi connectivity index (χ3n) is 3.92. The van der Waals surface area contributed by atoms with E-state index in [1.807, 2.05) is 12.1 Å². The lowest BCUT2D eigenvalue weighted by Crippen LogP contribution is -2.39. The number of nitro groups is 1. The van der Waals surface area contributed by atoms with E-state index >= 15 is 0 Å². The Kier molecular flexibility index (Phi) is 10.3. The standard InChI is InChI=1S/C18H22ClN5O4S.HI/c1-20-18(23-12-13-3-5-14(19)6-4-13)22-10-9-21-16-8-7-15(29(2,27)28)11-17(16)24(25)26;/h3-8,11,21H,9-10,12H2,1-2H3,(H2,20,22,23);1H. The van der Waals surface area contributed by atoms with E-state index in [1.165, 1.54) is 12.1 Å². The Hall–Kier alpha value is -2.12. The van der Waals surface area contributed by atoms with Gasteiger partial charge in [-0.1, -0.05) is 23.7 Å². The number of nitro benzene ring substituents is 1. The monoisotopic (exact) mass is 567 g/mol. The van der Waals surface area contributed by atoms with Crippen molar-refractivity contribution in [3.8, 4) is 0 Å². The van der Waals surface area contributed by atoms with Crippen molar-refractivity contribution in [2.45, 2.75) is 11.4 Å². The smallest absolute Gasteiger partial charge is 0.293 e. The second-order valence-electron chi connectivity index (χ2n) is 6.11. The summed E-state index contributed by atoms with van der Waals surface area (Å²) in [6.45, 7) is 1.36. The Morgan fingerprint density at radius 2 is 1.80 bits per heavy atom. The predicted octanol–water partition coefficient (Wildman–Crippen LogP) is 3.05. The molecule has 0 heterocycles. The Bertz CT molecular complexity index is 1000. The molecule has 0 saturated carbocycles. The van der Waals surface area contributed by atoms with Gasteiger partial charge in [0.15, 0.2) is 15.8 Å². The summed E-state index contributed by atoms with van der Waals surface area (Å²) < 4.78 is 23.2. The Morgan fingerprint density at radius 1 is 1.13 bits per heavy atom. The fourth-order valence-corrected chi connectivity index (χ4v) is 3.20. The Morgan fingerprint density at radius 3 is 2.37 bits per heavy atom. The van der Waals surface area contributed by atoms with Gasteiger partial charge in [0, 0.05) is 44.0 Å². The van der Waals surface area contributed by atoms with Crippen LogP contribution in [0.15, 0.2) is 52.4 Å². The molecule has 0 amide bonds. The van der Waals surface area contributed by atoms with E-state index in [2.05, 4.69) is 20.9 Å². The van der Waals surface area contributed by atoms with E-state index in [-0.39, 0.29) is 40.2 Å². The summed E-state index contributed by atoms with van der Waals surface area (Å²) in [5.74, 6) is 0.573. The number of guanidine groups is 1. The zero-order chi connectivity index (χ0) is 21.4. The number of rotatable bonds is 8. The molecule has 0 atom stereocenters. The van der Waals surface area contributed by atoms with Gasteiger partial charge in [-0.15, -0.1) is 24.0 Å². The van der Waals surface area contributed by atoms with Crippen molar-refractivity contribution in [1.29, 1.82) is 0 Å². The molecule has 0 bridgehead atoms. The van der Waals surface area contributed by atoms with Gasteiger partial charge in [0.1, 0.15) is 5.69 Å². The Balaban J connectivity index is 0.00000450. The molecular weight excluding hydrogens is 545 g/mol. The van der Waals surface area contributed by atoms with Gasteiger partial charge in [0.05, 0.1) is 9.82 Å². The number of nitrogens with one attached hydrogen (secondary N) is 3. The minimum atomic E-state index is -3.52. The van der Waals surface area contributed by atoms with Crippen molar-refractivity contribution in [3.05, 3.63) is 63.2 Å².